The molecule has 0 bridgehead atoms. The van der Waals surface area contributed by atoms with Gasteiger partial charge in [-0.1, -0.05) is 226 Å². The van der Waals surface area contributed by atoms with Crippen molar-refractivity contribution in [2.24, 2.45) is 0 Å². The van der Waals surface area contributed by atoms with Crippen LogP contribution in [0.4, 0.5) is 0 Å². The molecule has 0 radical (unpaired) electrons. The van der Waals surface area contributed by atoms with Crippen LogP contribution in [0.15, 0.2) is 109 Å². The van der Waals surface area contributed by atoms with Crippen molar-refractivity contribution in [3.63, 3.8) is 0 Å². The molecule has 9 nitrogen and oxygen atoms in total. The molecule has 428 valence electrons. The highest BCUT2D eigenvalue weighted by Crippen LogP contribution is 2.15. The molecule has 0 spiro atoms. The Morgan fingerprint density at radius 2 is 0.760 bits per heavy atom. The van der Waals surface area contributed by atoms with Gasteiger partial charge in [0.05, 0.1) is 40.3 Å². The number of carboxylic acid groups (broad SMARTS) is 1. The molecule has 0 aliphatic heterocycles. The summed E-state index contributed by atoms with van der Waals surface area (Å²) < 4.78 is 22.7. The molecule has 0 heterocycles. The molecule has 0 saturated heterocycles. The molecule has 0 aliphatic carbocycles. The van der Waals surface area contributed by atoms with E-state index in [1.165, 1.54) is 103 Å². The van der Waals surface area contributed by atoms with Crippen molar-refractivity contribution in [2.75, 3.05) is 47.5 Å². The summed E-state index contributed by atoms with van der Waals surface area (Å²) in [4.78, 5) is 37.3. The number of nitrogens with zero attached hydrogens (tertiary/aromatic N) is 1. The van der Waals surface area contributed by atoms with Gasteiger partial charge in [0, 0.05) is 12.8 Å². The Balaban J connectivity index is 4.33. The van der Waals surface area contributed by atoms with Crippen LogP contribution in [0.3, 0.4) is 0 Å². The molecule has 0 aromatic carbocycles. The van der Waals surface area contributed by atoms with E-state index in [-0.39, 0.29) is 38.6 Å². The van der Waals surface area contributed by atoms with Crippen molar-refractivity contribution in [3.8, 4) is 0 Å². The van der Waals surface area contributed by atoms with Crippen LogP contribution in [-0.2, 0) is 33.3 Å². The van der Waals surface area contributed by atoms with Crippen LogP contribution in [0.5, 0.6) is 0 Å². The molecule has 0 N–H and O–H groups in total. The molecule has 0 fully saturated rings. The summed E-state index contributed by atoms with van der Waals surface area (Å²) in [7, 11) is 5.91. The maximum absolute atomic E-state index is 12.9. The summed E-state index contributed by atoms with van der Waals surface area (Å²) in [5, 5.41) is 11.8. The van der Waals surface area contributed by atoms with Crippen LogP contribution in [0.25, 0.3) is 0 Å². The van der Waals surface area contributed by atoms with Crippen molar-refractivity contribution < 1.29 is 42.9 Å². The maximum atomic E-state index is 12.9. The number of likely N-dealkylation sites (N-methyl/N-ethyl adjacent to an activating group) is 1. The average molecular weight is 1050 g/mol. The third-order valence-corrected chi connectivity index (χ3v) is 12.5. The van der Waals surface area contributed by atoms with Crippen LogP contribution >= 0.6 is 0 Å². The minimum atomic E-state index is -1.64. The predicted molar refractivity (Wildman–Crippen MR) is 315 cm³/mol. The highest BCUT2D eigenvalue weighted by atomic mass is 16.7. The number of esters is 2. The third-order valence-electron chi connectivity index (χ3n) is 12.5. The van der Waals surface area contributed by atoms with Crippen LogP contribution in [-0.4, -0.2) is 82.3 Å². The first-order valence-electron chi connectivity index (χ1n) is 30.0. The molecule has 2 unspecified atom stereocenters. The number of hydrogen-bond donors (Lipinski definition) is 0. The lowest BCUT2D eigenvalue weighted by atomic mass is 10.1. The van der Waals surface area contributed by atoms with E-state index in [2.05, 4.69) is 123 Å². The van der Waals surface area contributed by atoms with Gasteiger partial charge in [-0.25, -0.2) is 0 Å². The zero-order chi connectivity index (χ0) is 54.8. The van der Waals surface area contributed by atoms with Crippen molar-refractivity contribution in [1.29, 1.82) is 0 Å². The fourth-order valence-corrected chi connectivity index (χ4v) is 7.90. The Morgan fingerprint density at radius 1 is 0.413 bits per heavy atom. The fraction of sp³-hybridized carbons (Fsp3) is 0.682. The fourth-order valence-electron chi connectivity index (χ4n) is 7.90. The third kappa shape index (κ3) is 57.5. The SMILES string of the molecule is CC/C=C\C/C=C\C/C=C\C/C=C\C/C=C\C/C=C\C/C=C\C/C=C\CCCCCCC(=O)OC(COC(=O)CCCCCCCCCCC/C=C\CCCCCCCCCC)COC(OCC[N+](C)(C)C)C(=O)[O-]. The number of hydrogen-bond acceptors (Lipinski definition) is 8. The number of aliphatic carboxylic acids is 1. The normalized spacial score (nSPS) is 13.6. The first-order valence-corrected chi connectivity index (χ1v) is 30.0. The van der Waals surface area contributed by atoms with E-state index >= 15 is 0 Å². The number of carboxylic acids is 1. The molecule has 2 atom stereocenters. The topological polar surface area (TPSA) is 111 Å². The van der Waals surface area contributed by atoms with E-state index in [0.717, 1.165) is 96.3 Å². The highest BCUT2D eigenvalue weighted by Gasteiger charge is 2.22. The van der Waals surface area contributed by atoms with Gasteiger partial charge in [0.2, 0.25) is 0 Å². The quantitative estimate of drug-likeness (QED) is 0.0195. The Bertz CT molecular complexity index is 1590. The second-order valence-corrected chi connectivity index (χ2v) is 20.9. The van der Waals surface area contributed by atoms with Gasteiger partial charge < -0.3 is 33.3 Å². The van der Waals surface area contributed by atoms with Gasteiger partial charge in [0.1, 0.15) is 13.2 Å². The van der Waals surface area contributed by atoms with Crippen LogP contribution in [0.2, 0.25) is 0 Å². The Hall–Kier alpha value is -4.05. The Kier molecular flexibility index (Phi) is 53.1. The van der Waals surface area contributed by atoms with Gasteiger partial charge in [-0.3, -0.25) is 9.59 Å². The molecule has 0 aromatic rings. The van der Waals surface area contributed by atoms with Crippen molar-refractivity contribution >= 4 is 17.9 Å². The monoisotopic (exact) mass is 1050 g/mol. The van der Waals surface area contributed by atoms with Crippen LogP contribution in [0.1, 0.15) is 232 Å². The molecular weight excluding hydrogens is 935 g/mol. The molecule has 0 saturated carbocycles. The molecule has 9 heteroatoms. The lowest BCUT2D eigenvalue weighted by molar-refractivity contribution is -0.870. The molecule has 0 amide bonds. The minimum Gasteiger partial charge on any atom is -0.545 e. The zero-order valence-corrected chi connectivity index (χ0v) is 48.6. The van der Waals surface area contributed by atoms with Gasteiger partial charge in [-0.2, -0.15) is 0 Å². The first-order chi connectivity index (χ1) is 36.6. The van der Waals surface area contributed by atoms with Gasteiger partial charge in [0.25, 0.3) is 0 Å². The second kappa shape index (κ2) is 56.2. The van der Waals surface area contributed by atoms with E-state index in [1.807, 2.05) is 21.1 Å². The van der Waals surface area contributed by atoms with Gasteiger partial charge >= 0.3 is 11.9 Å². The number of carbonyl (C=O) groups excluding carboxylic acids is 3. The molecule has 0 aliphatic rings. The second-order valence-electron chi connectivity index (χ2n) is 20.9. The van der Waals surface area contributed by atoms with E-state index in [4.69, 9.17) is 18.9 Å². The number of quaternary nitrogens is 1. The summed E-state index contributed by atoms with van der Waals surface area (Å²) in [6, 6.07) is 0. The first kappa shape index (κ1) is 71.0. The van der Waals surface area contributed by atoms with Crippen LogP contribution in [0, 0.1) is 0 Å². The lowest BCUT2D eigenvalue weighted by Gasteiger charge is -2.26. The molecule has 0 rings (SSSR count). The van der Waals surface area contributed by atoms with Gasteiger partial charge in [0.15, 0.2) is 12.4 Å². The van der Waals surface area contributed by atoms with E-state index in [9.17, 15) is 19.5 Å². The van der Waals surface area contributed by atoms with Gasteiger partial charge in [-0.15, -0.1) is 0 Å². The van der Waals surface area contributed by atoms with E-state index < -0.39 is 24.3 Å². The summed E-state index contributed by atoms with van der Waals surface area (Å²) in [5.74, 6) is -2.33. The van der Waals surface area contributed by atoms with Crippen molar-refractivity contribution in [2.45, 2.75) is 245 Å². The zero-order valence-electron chi connectivity index (χ0n) is 48.6. The lowest BCUT2D eigenvalue weighted by Crippen LogP contribution is -2.44. The largest absolute Gasteiger partial charge is 0.545 e. The maximum Gasteiger partial charge on any atom is 0.306 e. The number of ether oxygens (including phenoxy) is 4. The van der Waals surface area contributed by atoms with Crippen LogP contribution < -0.4 is 5.11 Å². The smallest absolute Gasteiger partial charge is 0.306 e. The van der Waals surface area contributed by atoms with E-state index in [0.29, 0.717) is 17.4 Å². The van der Waals surface area contributed by atoms with Crippen molar-refractivity contribution in [3.05, 3.63) is 109 Å². The highest BCUT2D eigenvalue weighted by molar-refractivity contribution is 5.70. The summed E-state index contributed by atoms with van der Waals surface area (Å²) >= 11 is 0. The van der Waals surface area contributed by atoms with E-state index in [1.54, 1.807) is 0 Å². The number of carbonyl (C=O) groups is 3. The summed E-state index contributed by atoms with van der Waals surface area (Å²) in [6.07, 6.45) is 74.2. The number of allylic oxidation sites excluding steroid dienone is 18. The number of unbranched alkanes of at least 4 members (excludes halogenated alkanes) is 21. The molecule has 0 aromatic heterocycles. The Labute approximate surface area is 460 Å². The standard InChI is InChI=1S/C66H111NO8/c1-6-8-10-12-14-16-18-20-22-24-26-28-29-30-31-32-33-34-35-37-39-41-43-45-47-49-51-53-55-57-64(69)75-62(61-74-66(65(70)71)72-59-58-67(3,4)5)60-73-63(68)56-54-52-50-48-46-44-42-40-38-36-27-25-23-21-19-17-15-13-11-9-7-2/h8,10,14,16,20,22,25-28,30-31,33-34,37,39,43,45,62,66H,6-7,9,11-13,15,17-19,21,23-24,29,32,35-36,38,40-42,44,46-61H2,1-5H3/b10-8-,16-14-,22-20-,27-25-,28-26-,31-30-,34-33-,39-37-,45-43-. The average Bonchev–Trinajstić information content (AvgIpc) is 3.38. The van der Waals surface area contributed by atoms with Crippen molar-refractivity contribution in [1.82, 2.24) is 0 Å². The molecule has 75 heavy (non-hydrogen) atoms. The minimum absolute atomic E-state index is 0.136. The molecular formula is C66H111NO8. The summed E-state index contributed by atoms with van der Waals surface area (Å²) in [6.45, 7) is 4.60. The summed E-state index contributed by atoms with van der Waals surface area (Å²) in [5.41, 5.74) is 0. The van der Waals surface area contributed by atoms with Gasteiger partial charge in [-0.05, 0) is 103 Å². The Morgan fingerprint density at radius 3 is 1.15 bits per heavy atom. The predicted octanol–water partition coefficient (Wildman–Crippen LogP) is 16.6. The number of rotatable bonds is 54.